The van der Waals surface area contributed by atoms with Crippen molar-refractivity contribution < 1.29 is 15.0 Å². The summed E-state index contributed by atoms with van der Waals surface area (Å²) in [6, 6.07) is 9.77. The summed E-state index contributed by atoms with van der Waals surface area (Å²) in [5.74, 6) is 0. The molecule has 0 aliphatic heterocycles. The minimum Gasteiger partial charge on any atom is -0.411 e. The van der Waals surface area contributed by atoms with E-state index in [4.69, 9.17) is 10.4 Å². The van der Waals surface area contributed by atoms with Crippen LogP contribution in [0, 0.1) is 0 Å². The Morgan fingerprint density at radius 1 is 1.12 bits per heavy atom. The molecule has 17 heavy (non-hydrogen) atoms. The van der Waals surface area contributed by atoms with Gasteiger partial charge >= 0.3 is 0 Å². The average Bonchev–Trinajstić information content (AvgIpc) is 2.36. The van der Waals surface area contributed by atoms with Gasteiger partial charge in [-0.3, -0.25) is 0 Å². The summed E-state index contributed by atoms with van der Waals surface area (Å²) in [5, 5.41) is 25.2. The first-order chi connectivity index (χ1) is 8.35. The second-order valence-electron chi connectivity index (χ2n) is 3.52. The Morgan fingerprint density at radius 3 is 2.59 bits per heavy atom. The first-order valence-electron chi connectivity index (χ1n) is 5.10. The van der Waals surface area contributed by atoms with Crippen LogP contribution in [0.4, 0.5) is 0 Å². The lowest BCUT2D eigenvalue weighted by Crippen LogP contribution is -2.38. The highest BCUT2D eigenvalue weighted by molar-refractivity contribution is 5.86. The number of pyridine rings is 1. The molecule has 1 aromatic carbocycles. The van der Waals surface area contributed by atoms with Crippen LogP contribution >= 0.6 is 0 Å². The second-order valence-corrected chi connectivity index (χ2v) is 3.52. The van der Waals surface area contributed by atoms with Gasteiger partial charge in [-0.15, -0.1) is 0 Å². The molecule has 5 nitrogen and oxygen atoms in total. The summed E-state index contributed by atoms with van der Waals surface area (Å²) in [4.78, 5) is 0. The van der Waals surface area contributed by atoms with E-state index in [9.17, 15) is 0 Å². The Bertz CT molecular complexity index is 579. The SMILES string of the molecule is O/N=C\C[n+]1cc2ccccc2cc1/C=N\O. The lowest BCUT2D eigenvalue weighted by atomic mass is 10.1. The number of rotatable bonds is 3. The molecule has 0 aliphatic carbocycles. The maximum Gasteiger partial charge on any atom is 0.228 e. The summed E-state index contributed by atoms with van der Waals surface area (Å²) in [6.45, 7) is 0.405. The first-order valence-corrected chi connectivity index (χ1v) is 5.10. The van der Waals surface area contributed by atoms with Crippen molar-refractivity contribution in [3.8, 4) is 0 Å². The maximum absolute atomic E-state index is 8.61. The van der Waals surface area contributed by atoms with Gasteiger partial charge in [0.1, 0.15) is 12.4 Å². The fourth-order valence-corrected chi connectivity index (χ4v) is 1.70. The molecule has 86 valence electrons. The quantitative estimate of drug-likeness (QED) is 0.362. The van der Waals surface area contributed by atoms with Gasteiger partial charge in [-0.25, -0.2) is 0 Å². The number of oxime groups is 2. The van der Waals surface area contributed by atoms with E-state index in [0.717, 1.165) is 16.5 Å². The summed E-state index contributed by atoms with van der Waals surface area (Å²) in [6.07, 6.45) is 4.62. The number of benzene rings is 1. The topological polar surface area (TPSA) is 69.1 Å². The lowest BCUT2D eigenvalue weighted by molar-refractivity contribution is -0.680. The Hall–Kier alpha value is -2.43. The van der Waals surface area contributed by atoms with Crippen molar-refractivity contribution >= 4 is 23.2 Å². The van der Waals surface area contributed by atoms with Crippen LogP contribution in [0.15, 0.2) is 46.8 Å². The highest BCUT2D eigenvalue weighted by atomic mass is 16.4. The van der Waals surface area contributed by atoms with Gasteiger partial charge in [0, 0.05) is 11.5 Å². The highest BCUT2D eigenvalue weighted by Gasteiger charge is 2.09. The summed E-state index contributed by atoms with van der Waals surface area (Å²) < 4.78 is 1.82. The monoisotopic (exact) mass is 230 g/mol. The van der Waals surface area contributed by atoms with Crippen LogP contribution < -0.4 is 4.57 Å². The molecule has 2 aromatic rings. The molecule has 0 spiro atoms. The zero-order valence-corrected chi connectivity index (χ0v) is 9.06. The molecule has 0 saturated carbocycles. The standard InChI is InChI=1S/C12H11N3O2/c16-13-5-6-15-9-11-4-2-1-3-10(11)7-12(15)8-14-17/h1-5,7-9,16H,6H2/p+1/b13-5-. The lowest BCUT2D eigenvalue weighted by Gasteiger charge is -2.00. The van der Waals surface area contributed by atoms with Gasteiger partial charge in [-0.05, 0) is 11.5 Å². The van der Waals surface area contributed by atoms with Crippen LogP contribution in [-0.2, 0) is 6.54 Å². The van der Waals surface area contributed by atoms with E-state index in [0.29, 0.717) is 6.54 Å². The second kappa shape index (κ2) is 5.07. The van der Waals surface area contributed by atoms with Crippen molar-refractivity contribution in [1.29, 1.82) is 0 Å². The van der Waals surface area contributed by atoms with Crippen molar-refractivity contribution in [2.75, 3.05) is 0 Å². The number of aromatic nitrogens is 1. The predicted molar refractivity (Wildman–Crippen MR) is 63.8 cm³/mol. The average molecular weight is 230 g/mol. The normalized spacial score (nSPS) is 11.8. The van der Waals surface area contributed by atoms with Crippen LogP contribution in [0.1, 0.15) is 5.69 Å². The van der Waals surface area contributed by atoms with Crippen LogP contribution in [-0.4, -0.2) is 22.8 Å². The van der Waals surface area contributed by atoms with Crippen LogP contribution in [0.5, 0.6) is 0 Å². The van der Waals surface area contributed by atoms with Gasteiger partial charge in [-0.2, -0.15) is 4.57 Å². The van der Waals surface area contributed by atoms with Gasteiger partial charge < -0.3 is 10.4 Å². The Labute approximate surface area is 97.9 Å². The zero-order valence-electron chi connectivity index (χ0n) is 9.06. The molecule has 2 N–H and O–H groups in total. The van der Waals surface area contributed by atoms with Gasteiger partial charge in [0.15, 0.2) is 12.7 Å². The van der Waals surface area contributed by atoms with E-state index in [1.54, 1.807) is 0 Å². The summed E-state index contributed by atoms with van der Waals surface area (Å²) in [5.41, 5.74) is 0.728. The Morgan fingerprint density at radius 2 is 1.88 bits per heavy atom. The minimum absolute atomic E-state index is 0.405. The van der Waals surface area contributed by atoms with E-state index in [1.807, 2.05) is 41.1 Å². The van der Waals surface area contributed by atoms with Gasteiger partial charge in [0.25, 0.3) is 0 Å². The molecule has 1 heterocycles. The molecule has 0 atom stereocenters. The van der Waals surface area contributed by atoms with Gasteiger partial charge in [0.05, 0.1) is 0 Å². The maximum atomic E-state index is 8.61. The molecular weight excluding hydrogens is 218 g/mol. The predicted octanol–water partition coefficient (Wildman–Crippen LogP) is 1.40. The molecule has 5 heteroatoms. The van der Waals surface area contributed by atoms with Crippen LogP contribution in [0.3, 0.4) is 0 Å². The van der Waals surface area contributed by atoms with Crippen molar-refractivity contribution in [1.82, 2.24) is 0 Å². The first kappa shape index (κ1) is 11.1. The molecule has 0 fully saturated rings. The molecule has 0 radical (unpaired) electrons. The van der Waals surface area contributed by atoms with Gasteiger partial charge in [-0.1, -0.05) is 28.5 Å². The largest absolute Gasteiger partial charge is 0.411 e. The van der Waals surface area contributed by atoms with Crippen molar-refractivity contribution in [3.63, 3.8) is 0 Å². The van der Waals surface area contributed by atoms with E-state index >= 15 is 0 Å². The third-order valence-corrected chi connectivity index (χ3v) is 2.48. The summed E-state index contributed by atoms with van der Waals surface area (Å²) in [7, 11) is 0. The molecule has 0 aliphatic rings. The third kappa shape index (κ3) is 2.39. The zero-order chi connectivity index (χ0) is 12.1. The van der Waals surface area contributed by atoms with Crippen molar-refractivity contribution in [2.24, 2.45) is 10.3 Å². The number of hydrogen-bond donors (Lipinski definition) is 2. The number of fused-ring (bicyclic) bond motifs is 1. The van der Waals surface area contributed by atoms with Crippen molar-refractivity contribution in [3.05, 3.63) is 42.2 Å². The van der Waals surface area contributed by atoms with E-state index in [-0.39, 0.29) is 0 Å². The highest BCUT2D eigenvalue weighted by Crippen LogP contribution is 2.11. The molecule has 0 bridgehead atoms. The number of nitrogens with zero attached hydrogens (tertiary/aromatic N) is 3. The Kier molecular flexibility index (Phi) is 3.30. The van der Waals surface area contributed by atoms with Crippen LogP contribution in [0.25, 0.3) is 10.8 Å². The third-order valence-electron chi connectivity index (χ3n) is 2.48. The molecule has 0 unspecified atom stereocenters. The van der Waals surface area contributed by atoms with Gasteiger partial charge in [0.2, 0.25) is 5.69 Å². The van der Waals surface area contributed by atoms with Crippen molar-refractivity contribution in [2.45, 2.75) is 6.54 Å². The molecule has 2 rings (SSSR count). The van der Waals surface area contributed by atoms with E-state index in [2.05, 4.69) is 10.3 Å². The fraction of sp³-hybridized carbons (Fsp3) is 0.0833. The number of hydrogen-bond acceptors (Lipinski definition) is 4. The molecule has 0 amide bonds. The minimum atomic E-state index is 0.405. The Balaban J connectivity index is 2.57. The van der Waals surface area contributed by atoms with Crippen LogP contribution in [0.2, 0.25) is 0 Å². The van der Waals surface area contributed by atoms with E-state index < -0.39 is 0 Å². The molecule has 1 aromatic heterocycles. The molecular formula is C12H12N3O2+. The molecule has 0 saturated heterocycles. The fourth-order valence-electron chi connectivity index (χ4n) is 1.70. The van der Waals surface area contributed by atoms with E-state index in [1.165, 1.54) is 12.4 Å². The smallest absolute Gasteiger partial charge is 0.228 e. The summed E-state index contributed by atoms with van der Waals surface area (Å²) >= 11 is 0.